The molecule has 2 aromatic heterocycles. The molecule has 0 radical (unpaired) electrons. The Hall–Kier alpha value is -1.21. The molecule has 5 nitrogen and oxygen atoms in total. The highest BCUT2D eigenvalue weighted by molar-refractivity contribution is 9.11. The molecule has 0 unspecified atom stereocenters. The van der Waals surface area contributed by atoms with E-state index in [1.165, 1.54) is 31.6 Å². The van der Waals surface area contributed by atoms with Gasteiger partial charge in [-0.15, -0.1) is 0 Å². The quantitative estimate of drug-likeness (QED) is 0.796. The number of hydrogen-bond donors (Lipinski definition) is 0. The molecule has 0 aromatic carbocycles. The van der Waals surface area contributed by atoms with Crippen molar-refractivity contribution < 1.29 is 14.3 Å². The Bertz CT molecular complexity index is 555. The molecule has 16 heavy (non-hydrogen) atoms. The summed E-state index contributed by atoms with van der Waals surface area (Å²) in [5.74, 6) is 0.0112. The summed E-state index contributed by atoms with van der Waals surface area (Å²) in [4.78, 5) is 20.3. The first-order valence-electron chi connectivity index (χ1n) is 4.25. The predicted octanol–water partition coefficient (Wildman–Crippen LogP) is 2.25. The highest BCUT2D eigenvalue weighted by Crippen LogP contribution is 2.31. The van der Waals surface area contributed by atoms with Crippen LogP contribution in [0.15, 0.2) is 9.98 Å². The van der Waals surface area contributed by atoms with Gasteiger partial charge in [-0.2, -0.15) is 0 Å². The van der Waals surface area contributed by atoms with Gasteiger partial charge in [0.1, 0.15) is 16.1 Å². The molecule has 0 spiro atoms. The molecule has 0 saturated heterocycles. The summed E-state index contributed by atoms with van der Waals surface area (Å²) in [5.41, 5.74) is 0.843. The number of hydrogen-bond acceptors (Lipinski definition) is 6. The summed E-state index contributed by atoms with van der Waals surface area (Å²) in [7, 11) is 2.83. The van der Waals surface area contributed by atoms with E-state index in [1.807, 2.05) is 0 Å². The lowest BCUT2D eigenvalue weighted by Gasteiger charge is -2.02. The van der Waals surface area contributed by atoms with E-state index in [4.69, 9.17) is 4.74 Å². The van der Waals surface area contributed by atoms with Gasteiger partial charge in [0.05, 0.1) is 14.2 Å². The van der Waals surface area contributed by atoms with Gasteiger partial charge >= 0.3 is 5.97 Å². The number of fused-ring (bicyclic) bond motifs is 1. The van der Waals surface area contributed by atoms with Crippen molar-refractivity contribution in [2.45, 2.75) is 0 Å². The standard InChI is InChI=1S/C9H7BrN2O3S/c1-14-5-3-4(8(13)15-2)11-7-6(5)12-9(10)16-7/h3H,1-2H3. The maximum Gasteiger partial charge on any atom is 0.356 e. The fraction of sp³-hybridized carbons (Fsp3) is 0.222. The van der Waals surface area contributed by atoms with Gasteiger partial charge in [0, 0.05) is 6.07 Å². The Balaban J connectivity index is 2.67. The van der Waals surface area contributed by atoms with Gasteiger partial charge in [0.15, 0.2) is 9.61 Å². The van der Waals surface area contributed by atoms with Crippen molar-refractivity contribution in [2.75, 3.05) is 14.2 Å². The predicted molar refractivity (Wildman–Crippen MR) is 63.0 cm³/mol. The molecule has 0 aliphatic heterocycles. The van der Waals surface area contributed by atoms with Crippen molar-refractivity contribution in [3.05, 3.63) is 15.7 Å². The second-order valence-electron chi connectivity index (χ2n) is 2.82. The summed E-state index contributed by atoms with van der Waals surface area (Å²) in [6, 6.07) is 1.51. The van der Waals surface area contributed by atoms with E-state index in [1.54, 1.807) is 0 Å². The molecule has 7 heteroatoms. The maximum absolute atomic E-state index is 11.4. The van der Waals surface area contributed by atoms with E-state index in [-0.39, 0.29) is 5.69 Å². The fourth-order valence-corrected chi connectivity index (χ4v) is 2.54. The van der Waals surface area contributed by atoms with E-state index in [0.717, 1.165) is 0 Å². The van der Waals surface area contributed by atoms with Crippen LogP contribution in [0.3, 0.4) is 0 Å². The van der Waals surface area contributed by atoms with Crippen LogP contribution in [-0.4, -0.2) is 30.2 Å². The van der Waals surface area contributed by atoms with Crippen molar-refractivity contribution in [1.29, 1.82) is 0 Å². The highest BCUT2D eigenvalue weighted by Gasteiger charge is 2.15. The average Bonchev–Trinajstić information content (AvgIpc) is 2.66. The molecule has 2 aromatic rings. The van der Waals surface area contributed by atoms with E-state index in [9.17, 15) is 4.79 Å². The summed E-state index contributed by atoms with van der Waals surface area (Å²) >= 11 is 4.59. The monoisotopic (exact) mass is 302 g/mol. The third-order valence-electron chi connectivity index (χ3n) is 1.92. The zero-order valence-corrected chi connectivity index (χ0v) is 10.9. The van der Waals surface area contributed by atoms with E-state index < -0.39 is 5.97 Å². The van der Waals surface area contributed by atoms with E-state index in [2.05, 4.69) is 30.6 Å². The van der Waals surface area contributed by atoms with Crippen molar-refractivity contribution in [3.63, 3.8) is 0 Å². The van der Waals surface area contributed by atoms with Gasteiger partial charge in [-0.25, -0.2) is 14.8 Å². The Labute approximate surface area is 104 Å². The Kier molecular flexibility index (Phi) is 3.06. The number of pyridine rings is 1. The second-order valence-corrected chi connectivity index (χ2v) is 5.08. The minimum absolute atomic E-state index is 0.211. The number of aromatic nitrogens is 2. The summed E-state index contributed by atoms with van der Waals surface area (Å²) < 4.78 is 10.4. The van der Waals surface area contributed by atoms with Crippen LogP contribution in [0, 0.1) is 0 Å². The summed E-state index contributed by atoms with van der Waals surface area (Å²) in [6.07, 6.45) is 0. The molecule has 2 heterocycles. The van der Waals surface area contributed by atoms with Crippen LogP contribution in [0.1, 0.15) is 10.5 Å². The number of methoxy groups -OCH3 is 2. The van der Waals surface area contributed by atoms with Crippen LogP contribution >= 0.6 is 27.3 Å². The van der Waals surface area contributed by atoms with Gasteiger partial charge in [-0.1, -0.05) is 11.3 Å². The first-order valence-corrected chi connectivity index (χ1v) is 5.86. The van der Waals surface area contributed by atoms with Gasteiger partial charge < -0.3 is 9.47 Å². The van der Waals surface area contributed by atoms with Crippen molar-refractivity contribution in [3.8, 4) is 5.75 Å². The number of nitrogens with zero attached hydrogens (tertiary/aromatic N) is 2. The Morgan fingerprint density at radius 3 is 2.81 bits per heavy atom. The highest BCUT2D eigenvalue weighted by atomic mass is 79.9. The van der Waals surface area contributed by atoms with Crippen molar-refractivity contribution >= 4 is 43.6 Å². The molecule has 0 amide bonds. The third kappa shape index (κ3) is 1.88. The molecule has 0 fully saturated rings. The number of carbonyl (C=O) groups is 1. The van der Waals surface area contributed by atoms with Crippen LogP contribution in [0.25, 0.3) is 10.3 Å². The molecule has 0 N–H and O–H groups in total. The van der Waals surface area contributed by atoms with Gasteiger partial charge in [-0.05, 0) is 15.9 Å². The third-order valence-corrected chi connectivity index (χ3v) is 3.32. The van der Waals surface area contributed by atoms with Gasteiger partial charge in [0.25, 0.3) is 0 Å². The smallest absolute Gasteiger partial charge is 0.356 e. The number of rotatable bonds is 2. The minimum atomic E-state index is -0.496. The number of ether oxygens (including phenoxy) is 2. The van der Waals surface area contributed by atoms with Crippen LogP contribution in [0.4, 0.5) is 0 Å². The number of thiazole rings is 1. The molecule has 0 atom stereocenters. The largest absolute Gasteiger partial charge is 0.494 e. The first-order chi connectivity index (χ1) is 7.65. The number of halogens is 1. The van der Waals surface area contributed by atoms with Crippen molar-refractivity contribution in [1.82, 2.24) is 9.97 Å². The van der Waals surface area contributed by atoms with Crippen LogP contribution in [0.5, 0.6) is 5.75 Å². The Morgan fingerprint density at radius 2 is 2.19 bits per heavy atom. The lowest BCUT2D eigenvalue weighted by atomic mass is 10.3. The lowest BCUT2D eigenvalue weighted by Crippen LogP contribution is -2.04. The summed E-state index contributed by atoms with van der Waals surface area (Å²) in [5, 5.41) is 0. The van der Waals surface area contributed by atoms with Gasteiger partial charge in [-0.3, -0.25) is 0 Å². The molecule has 0 aliphatic carbocycles. The zero-order chi connectivity index (χ0) is 11.7. The molecule has 84 valence electrons. The number of carbonyl (C=O) groups excluding carboxylic acids is 1. The summed E-state index contributed by atoms with van der Waals surface area (Å²) in [6.45, 7) is 0. The van der Waals surface area contributed by atoms with Crippen LogP contribution in [-0.2, 0) is 4.74 Å². The van der Waals surface area contributed by atoms with Gasteiger partial charge in [0.2, 0.25) is 0 Å². The van der Waals surface area contributed by atoms with E-state index in [0.29, 0.717) is 20.0 Å². The second kappa shape index (κ2) is 4.34. The SMILES string of the molecule is COC(=O)c1cc(OC)c2nc(Br)sc2n1. The van der Waals surface area contributed by atoms with Crippen LogP contribution < -0.4 is 4.74 Å². The molecular formula is C9H7BrN2O3S. The molecule has 2 rings (SSSR count). The molecule has 0 aliphatic rings. The van der Waals surface area contributed by atoms with Crippen molar-refractivity contribution in [2.24, 2.45) is 0 Å². The first kappa shape index (κ1) is 11.3. The normalized spacial score (nSPS) is 10.4. The Morgan fingerprint density at radius 1 is 1.44 bits per heavy atom. The minimum Gasteiger partial charge on any atom is -0.494 e. The zero-order valence-electron chi connectivity index (χ0n) is 8.48. The molecular weight excluding hydrogens is 296 g/mol. The fourth-order valence-electron chi connectivity index (χ4n) is 1.22. The molecule has 0 bridgehead atoms. The molecule has 0 saturated carbocycles. The maximum atomic E-state index is 11.4. The average molecular weight is 303 g/mol. The topological polar surface area (TPSA) is 61.3 Å². The van der Waals surface area contributed by atoms with E-state index >= 15 is 0 Å². The lowest BCUT2D eigenvalue weighted by molar-refractivity contribution is 0.0594. The number of esters is 1. The van der Waals surface area contributed by atoms with Crippen LogP contribution in [0.2, 0.25) is 0 Å².